The van der Waals surface area contributed by atoms with E-state index in [1.807, 2.05) is 35.4 Å². The molecular formula is C19H22N2O2S. The molecule has 3 rings (SSSR count). The highest BCUT2D eigenvalue weighted by molar-refractivity contribution is 7.09. The molecular weight excluding hydrogens is 320 g/mol. The van der Waals surface area contributed by atoms with Gasteiger partial charge in [0.25, 0.3) is 0 Å². The largest absolute Gasteiger partial charge is 0.379 e. The molecule has 1 aliphatic heterocycles. The van der Waals surface area contributed by atoms with Crippen molar-refractivity contribution >= 4 is 23.3 Å². The molecule has 0 saturated carbocycles. The molecule has 126 valence electrons. The van der Waals surface area contributed by atoms with Gasteiger partial charge in [-0.05, 0) is 31.4 Å². The number of ether oxygens (including phenoxy) is 1. The topological polar surface area (TPSA) is 42.4 Å². The van der Waals surface area contributed by atoms with E-state index in [9.17, 15) is 4.79 Å². The second kappa shape index (κ2) is 8.22. The minimum absolute atomic E-state index is 0.0343. The number of thiazole rings is 1. The molecule has 0 bridgehead atoms. The number of hydrogen-bond donors (Lipinski definition) is 0. The fourth-order valence-corrected chi connectivity index (χ4v) is 3.42. The van der Waals surface area contributed by atoms with E-state index in [4.69, 9.17) is 4.74 Å². The second-order valence-corrected chi connectivity index (χ2v) is 6.97. The highest BCUT2D eigenvalue weighted by Gasteiger charge is 2.25. The summed E-state index contributed by atoms with van der Waals surface area (Å²) < 4.78 is 5.48. The number of hydrogen-bond acceptors (Lipinski definition) is 4. The van der Waals surface area contributed by atoms with Gasteiger partial charge in [-0.15, -0.1) is 11.3 Å². The van der Waals surface area contributed by atoms with Gasteiger partial charge in [-0.1, -0.05) is 30.3 Å². The van der Waals surface area contributed by atoms with Crippen LogP contribution in [0.1, 0.15) is 22.7 Å². The van der Waals surface area contributed by atoms with Crippen molar-refractivity contribution in [2.75, 3.05) is 19.8 Å². The smallest absolute Gasteiger partial charge is 0.246 e. The van der Waals surface area contributed by atoms with Crippen molar-refractivity contribution < 1.29 is 9.53 Å². The number of nitrogens with zero attached hydrogens (tertiary/aromatic N) is 2. The molecule has 1 atom stereocenters. The maximum atomic E-state index is 12.7. The maximum absolute atomic E-state index is 12.7. The van der Waals surface area contributed by atoms with E-state index in [2.05, 4.69) is 17.1 Å². The lowest BCUT2D eigenvalue weighted by Crippen LogP contribution is -2.41. The summed E-state index contributed by atoms with van der Waals surface area (Å²) in [4.78, 5) is 19.0. The first-order valence-electron chi connectivity index (χ1n) is 8.25. The summed E-state index contributed by atoms with van der Waals surface area (Å²) in [5, 5.41) is 2.97. The molecule has 2 heterocycles. The van der Waals surface area contributed by atoms with Gasteiger partial charge in [-0.25, -0.2) is 4.98 Å². The predicted molar refractivity (Wildman–Crippen MR) is 97.0 cm³/mol. The van der Waals surface area contributed by atoms with E-state index < -0.39 is 0 Å². The fraction of sp³-hybridized carbons (Fsp3) is 0.368. The van der Waals surface area contributed by atoms with Gasteiger partial charge in [0.15, 0.2) is 0 Å². The van der Waals surface area contributed by atoms with Crippen molar-refractivity contribution in [2.45, 2.75) is 25.8 Å². The van der Waals surface area contributed by atoms with E-state index in [1.54, 1.807) is 23.5 Å². The van der Waals surface area contributed by atoms with Crippen LogP contribution in [0.2, 0.25) is 0 Å². The minimum atomic E-state index is 0.0343. The molecule has 24 heavy (non-hydrogen) atoms. The normalized spacial score (nSPS) is 17.5. The SMILES string of the molecule is Cc1nc(/C=C\C(=O)N(CCc2ccccc2)[C@@H]2CCOC2)cs1. The Morgan fingerprint density at radius 3 is 2.92 bits per heavy atom. The lowest BCUT2D eigenvalue weighted by Gasteiger charge is -2.27. The standard InChI is InChI=1S/C19H22N2O2S/c1-15-20-17(14-24-15)7-8-19(22)21(18-10-12-23-13-18)11-9-16-5-3-2-4-6-16/h2-8,14,18H,9-13H2,1H3/b8-7-/t18-/m1/s1. The number of benzene rings is 1. The van der Waals surface area contributed by atoms with Crippen LogP contribution in [0.5, 0.6) is 0 Å². The zero-order chi connectivity index (χ0) is 16.8. The maximum Gasteiger partial charge on any atom is 0.246 e. The molecule has 1 fully saturated rings. The van der Waals surface area contributed by atoms with Crippen molar-refractivity contribution in [3.05, 3.63) is 58.1 Å². The minimum Gasteiger partial charge on any atom is -0.379 e. The van der Waals surface area contributed by atoms with Crippen molar-refractivity contribution in [2.24, 2.45) is 0 Å². The number of aromatic nitrogens is 1. The Kier molecular flexibility index (Phi) is 5.77. The average molecular weight is 342 g/mol. The number of aryl methyl sites for hydroxylation is 1. The van der Waals surface area contributed by atoms with Crippen LogP contribution in [-0.2, 0) is 16.0 Å². The molecule has 1 aliphatic rings. The summed E-state index contributed by atoms with van der Waals surface area (Å²) in [5.74, 6) is 0.0343. The average Bonchev–Trinajstić information content (AvgIpc) is 3.26. The lowest BCUT2D eigenvalue weighted by atomic mass is 10.1. The van der Waals surface area contributed by atoms with Crippen molar-refractivity contribution in [1.82, 2.24) is 9.88 Å². The molecule has 0 aliphatic carbocycles. The fourth-order valence-electron chi connectivity index (χ4n) is 2.84. The van der Waals surface area contributed by atoms with Gasteiger partial charge >= 0.3 is 0 Å². The van der Waals surface area contributed by atoms with Gasteiger partial charge in [-0.3, -0.25) is 4.79 Å². The Hall–Kier alpha value is -1.98. The van der Waals surface area contributed by atoms with Gasteiger partial charge in [0, 0.05) is 24.6 Å². The number of carbonyl (C=O) groups excluding carboxylic acids is 1. The molecule has 0 N–H and O–H groups in total. The molecule has 1 aromatic carbocycles. The second-order valence-electron chi connectivity index (χ2n) is 5.91. The van der Waals surface area contributed by atoms with Crippen molar-refractivity contribution in [3.63, 3.8) is 0 Å². The van der Waals surface area contributed by atoms with Gasteiger partial charge < -0.3 is 9.64 Å². The summed E-state index contributed by atoms with van der Waals surface area (Å²) >= 11 is 1.59. The third-order valence-corrected chi connectivity index (χ3v) is 4.94. The Bertz CT molecular complexity index is 690. The Balaban J connectivity index is 1.66. The molecule has 4 nitrogen and oxygen atoms in total. The van der Waals surface area contributed by atoms with Crippen LogP contribution < -0.4 is 0 Å². The zero-order valence-electron chi connectivity index (χ0n) is 13.9. The van der Waals surface area contributed by atoms with E-state index in [1.165, 1.54) is 5.56 Å². The first-order chi connectivity index (χ1) is 11.7. The molecule has 5 heteroatoms. The molecule has 2 aromatic rings. The monoisotopic (exact) mass is 342 g/mol. The Labute approximate surface area is 146 Å². The first-order valence-corrected chi connectivity index (χ1v) is 9.13. The van der Waals surface area contributed by atoms with Gasteiger partial charge in [0.1, 0.15) is 0 Å². The van der Waals surface area contributed by atoms with Crippen LogP contribution in [0, 0.1) is 6.92 Å². The Morgan fingerprint density at radius 1 is 1.42 bits per heavy atom. The van der Waals surface area contributed by atoms with E-state index in [0.717, 1.165) is 30.2 Å². The third-order valence-electron chi connectivity index (χ3n) is 4.15. The van der Waals surface area contributed by atoms with Crippen LogP contribution in [0.4, 0.5) is 0 Å². The van der Waals surface area contributed by atoms with Gasteiger partial charge in [0.2, 0.25) is 5.91 Å². The molecule has 0 spiro atoms. The van der Waals surface area contributed by atoms with Crippen LogP contribution in [0.3, 0.4) is 0 Å². The van der Waals surface area contributed by atoms with Crippen molar-refractivity contribution in [1.29, 1.82) is 0 Å². The predicted octanol–water partition coefficient (Wildman–Crippen LogP) is 3.32. The quantitative estimate of drug-likeness (QED) is 0.756. The third kappa shape index (κ3) is 4.52. The number of amides is 1. The van der Waals surface area contributed by atoms with Crippen molar-refractivity contribution in [3.8, 4) is 0 Å². The summed E-state index contributed by atoms with van der Waals surface area (Å²) in [5.41, 5.74) is 2.09. The Morgan fingerprint density at radius 2 is 2.25 bits per heavy atom. The molecule has 0 unspecified atom stereocenters. The molecule has 0 radical (unpaired) electrons. The van der Waals surface area contributed by atoms with Gasteiger partial charge in [-0.2, -0.15) is 0 Å². The van der Waals surface area contributed by atoms with Crippen LogP contribution >= 0.6 is 11.3 Å². The highest BCUT2D eigenvalue weighted by Crippen LogP contribution is 2.15. The van der Waals surface area contributed by atoms with E-state index in [0.29, 0.717) is 13.2 Å². The summed E-state index contributed by atoms with van der Waals surface area (Å²) in [6.45, 7) is 4.03. The summed E-state index contributed by atoms with van der Waals surface area (Å²) in [7, 11) is 0. The van der Waals surface area contributed by atoms with Crippen LogP contribution in [-0.4, -0.2) is 41.6 Å². The molecule has 1 amide bonds. The van der Waals surface area contributed by atoms with Crippen LogP contribution in [0.25, 0.3) is 6.08 Å². The number of carbonyl (C=O) groups is 1. The van der Waals surface area contributed by atoms with Gasteiger partial charge in [0.05, 0.1) is 23.4 Å². The lowest BCUT2D eigenvalue weighted by molar-refractivity contribution is -0.128. The van der Waals surface area contributed by atoms with Crippen LogP contribution in [0.15, 0.2) is 41.8 Å². The van der Waals surface area contributed by atoms with E-state index >= 15 is 0 Å². The highest BCUT2D eigenvalue weighted by atomic mass is 32.1. The zero-order valence-corrected chi connectivity index (χ0v) is 14.7. The molecule has 1 aromatic heterocycles. The first kappa shape index (κ1) is 16.9. The summed E-state index contributed by atoms with van der Waals surface area (Å²) in [6.07, 6.45) is 5.20. The van der Waals surface area contributed by atoms with E-state index in [-0.39, 0.29) is 11.9 Å². The number of rotatable bonds is 6. The summed E-state index contributed by atoms with van der Waals surface area (Å²) in [6, 6.07) is 10.4. The molecule has 1 saturated heterocycles.